The first-order chi connectivity index (χ1) is 11.1. The molecule has 3 aromatic rings. The van der Waals surface area contributed by atoms with E-state index in [4.69, 9.17) is 9.15 Å². The molecule has 0 saturated carbocycles. The Morgan fingerprint density at radius 2 is 2.00 bits per heavy atom. The van der Waals surface area contributed by atoms with E-state index >= 15 is 0 Å². The number of hydrogen-bond donors (Lipinski definition) is 0. The van der Waals surface area contributed by atoms with E-state index in [0.717, 1.165) is 0 Å². The quantitative estimate of drug-likeness (QED) is 0.706. The Morgan fingerprint density at radius 1 is 1.13 bits per heavy atom. The van der Waals surface area contributed by atoms with E-state index in [2.05, 4.69) is 15.2 Å². The molecule has 0 atom stereocenters. The lowest BCUT2D eigenvalue weighted by Crippen LogP contribution is -2.06. The number of ether oxygens (including phenoxy) is 1. The number of aromatic nitrogens is 3. The summed E-state index contributed by atoms with van der Waals surface area (Å²) in [4.78, 5) is 3.99. The average molecular weight is 331 g/mol. The third-order valence-corrected chi connectivity index (χ3v) is 4.43. The minimum Gasteiger partial charge on any atom is -0.497 e. The highest BCUT2D eigenvalue weighted by Gasteiger charge is 2.24. The summed E-state index contributed by atoms with van der Waals surface area (Å²) in [6.07, 6.45) is 1.53. The van der Waals surface area contributed by atoms with Crippen molar-refractivity contribution >= 4 is 9.84 Å². The predicted octanol–water partition coefficient (Wildman–Crippen LogP) is 2.11. The fraction of sp³-hybridized carbons (Fsp3) is 0.133. The van der Waals surface area contributed by atoms with Crippen molar-refractivity contribution in [3.05, 3.63) is 54.4 Å². The second kappa shape index (κ2) is 6.17. The minimum atomic E-state index is -3.75. The normalized spacial score (nSPS) is 11.3. The lowest BCUT2D eigenvalue weighted by Gasteiger charge is -2.00. The number of sulfone groups is 1. The smallest absolute Gasteiger partial charge is 0.336 e. The molecule has 0 saturated heterocycles. The van der Waals surface area contributed by atoms with Gasteiger partial charge in [-0.25, -0.2) is 8.42 Å². The molecule has 8 heteroatoms. The third-order valence-electron chi connectivity index (χ3n) is 3.05. The van der Waals surface area contributed by atoms with Crippen LogP contribution in [0, 0.1) is 0 Å². The van der Waals surface area contributed by atoms with Crippen LogP contribution in [0.4, 0.5) is 0 Å². The van der Waals surface area contributed by atoms with Gasteiger partial charge in [-0.3, -0.25) is 4.98 Å². The van der Waals surface area contributed by atoms with E-state index in [1.807, 2.05) is 0 Å². The van der Waals surface area contributed by atoms with Gasteiger partial charge >= 0.3 is 5.22 Å². The summed E-state index contributed by atoms with van der Waals surface area (Å²) < 4.78 is 35.0. The highest BCUT2D eigenvalue weighted by atomic mass is 32.2. The van der Waals surface area contributed by atoms with Crippen molar-refractivity contribution in [1.29, 1.82) is 0 Å². The lowest BCUT2D eigenvalue weighted by molar-refractivity contribution is 0.414. The maximum Gasteiger partial charge on any atom is 0.336 e. The largest absolute Gasteiger partial charge is 0.497 e. The highest BCUT2D eigenvalue weighted by Crippen LogP contribution is 2.24. The van der Waals surface area contributed by atoms with Crippen LogP contribution in [-0.4, -0.2) is 30.7 Å². The maximum atomic E-state index is 12.3. The predicted molar refractivity (Wildman–Crippen MR) is 81.4 cm³/mol. The minimum absolute atomic E-state index is 0.114. The van der Waals surface area contributed by atoms with Crippen LogP contribution < -0.4 is 4.74 Å². The number of rotatable bonds is 5. The zero-order valence-electron chi connectivity index (χ0n) is 12.2. The molecule has 0 spiro atoms. The Balaban J connectivity index is 1.89. The second-order valence-electron chi connectivity index (χ2n) is 4.69. The van der Waals surface area contributed by atoms with E-state index < -0.39 is 15.1 Å². The molecule has 2 heterocycles. The molecule has 3 rings (SSSR count). The lowest BCUT2D eigenvalue weighted by atomic mass is 10.2. The Kier molecular flexibility index (Phi) is 4.07. The molecular weight excluding hydrogens is 318 g/mol. The van der Waals surface area contributed by atoms with Crippen molar-refractivity contribution in [2.45, 2.75) is 11.0 Å². The summed E-state index contributed by atoms with van der Waals surface area (Å²) in [6, 6.07) is 12.0. The van der Waals surface area contributed by atoms with Crippen LogP contribution in [0.5, 0.6) is 5.75 Å². The maximum absolute atomic E-state index is 12.3. The summed E-state index contributed by atoms with van der Waals surface area (Å²) in [6.45, 7) is 0. The van der Waals surface area contributed by atoms with Gasteiger partial charge in [-0.15, -0.1) is 5.10 Å². The summed E-state index contributed by atoms with van der Waals surface area (Å²) in [5, 5.41) is 7.01. The van der Waals surface area contributed by atoms with Gasteiger partial charge in [0.15, 0.2) is 0 Å². The van der Waals surface area contributed by atoms with Gasteiger partial charge in [0.1, 0.15) is 11.5 Å². The molecule has 0 unspecified atom stereocenters. The molecule has 0 radical (unpaired) electrons. The molecule has 2 aromatic heterocycles. The zero-order chi connectivity index (χ0) is 16.3. The average Bonchev–Trinajstić information content (AvgIpc) is 3.06. The van der Waals surface area contributed by atoms with Crippen LogP contribution in [0.2, 0.25) is 0 Å². The SMILES string of the molecule is COc1cccc(-c2nnc(S(=O)(=O)Cc3ccccn3)o2)c1. The van der Waals surface area contributed by atoms with E-state index in [9.17, 15) is 8.42 Å². The van der Waals surface area contributed by atoms with Crippen LogP contribution in [0.25, 0.3) is 11.5 Å². The van der Waals surface area contributed by atoms with Gasteiger partial charge in [0, 0.05) is 11.8 Å². The standard InChI is InChI=1S/C15H13N3O4S/c1-21-13-7-4-5-11(9-13)14-17-18-15(22-14)23(19,20)10-12-6-2-3-8-16-12/h2-9H,10H2,1H3. The van der Waals surface area contributed by atoms with Gasteiger partial charge in [-0.2, -0.15) is 0 Å². The molecule has 0 N–H and O–H groups in total. The van der Waals surface area contributed by atoms with Gasteiger partial charge in [-0.05, 0) is 30.3 Å². The Morgan fingerprint density at radius 3 is 2.74 bits per heavy atom. The number of hydrogen-bond acceptors (Lipinski definition) is 7. The Bertz CT molecular complexity index is 907. The molecular formula is C15H13N3O4S. The Labute approximate surface area is 132 Å². The van der Waals surface area contributed by atoms with Crippen LogP contribution in [0.3, 0.4) is 0 Å². The van der Waals surface area contributed by atoms with Crippen molar-refractivity contribution < 1.29 is 17.6 Å². The van der Waals surface area contributed by atoms with Crippen molar-refractivity contribution in [2.75, 3.05) is 7.11 Å². The first-order valence-corrected chi connectivity index (χ1v) is 8.34. The van der Waals surface area contributed by atoms with E-state index in [1.54, 1.807) is 42.5 Å². The number of nitrogens with zero attached hydrogens (tertiary/aromatic N) is 3. The van der Waals surface area contributed by atoms with Crippen LogP contribution >= 0.6 is 0 Å². The monoisotopic (exact) mass is 331 g/mol. The van der Waals surface area contributed by atoms with E-state index in [0.29, 0.717) is 17.0 Å². The second-order valence-corrected chi connectivity index (χ2v) is 6.55. The number of methoxy groups -OCH3 is 1. The van der Waals surface area contributed by atoms with Gasteiger partial charge in [-0.1, -0.05) is 17.2 Å². The molecule has 0 fully saturated rings. The highest BCUT2D eigenvalue weighted by molar-refractivity contribution is 7.90. The van der Waals surface area contributed by atoms with Crippen molar-refractivity contribution in [3.8, 4) is 17.2 Å². The van der Waals surface area contributed by atoms with Gasteiger partial charge in [0.2, 0.25) is 15.7 Å². The van der Waals surface area contributed by atoms with Crippen LogP contribution in [0.15, 0.2) is 58.3 Å². The summed E-state index contributed by atoms with van der Waals surface area (Å²) in [5.41, 5.74) is 0.991. The van der Waals surface area contributed by atoms with E-state index in [-0.39, 0.29) is 11.6 Å². The molecule has 0 bridgehead atoms. The molecule has 0 aliphatic rings. The number of benzene rings is 1. The van der Waals surface area contributed by atoms with E-state index in [1.165, 1.54) is 13.3 Å². The molecule has 118 valence electrons. The van der Waals surface area contributed by atoms with Crippen molar-refractivity contribution in [2.24, 2.45) is 0 Å². The molecule has 0 aliphatic carbocycles. The van der Waals surface area contributed by atoms with Crippen LogP contribution in [-0.2, 0) is 15.6 Å². The zero-order valence-corrected chi connectivity index (χ0v) is 13.0. The summed E-state index contributed by atoms with van der Waals surface area (Å²) >= 11 is 0. The van der Waals surface area contributed by atoms with Gasteiger partial charge in [0.25, 0.3) is 0 Å². The first-order valence-electron chi connectivity index (χ1n) is 6.69. The molecule has 1 aromatic carbocycles. The van der Waals surface area contributed by atoms with Gasteiger partial charge in [0.05, 0.1) is 12.8 Å². The molecule has 23 heavy (non-hydrogen) atoms. The Hall–Kier alpha value is -2.74. The fourth-order valence-electron chi connectivity index (χ4n) is 1.95. The van der Waals surface area contributed by atoms with Crippen molar-refractivity contribution in [3.63, 3.8) is 0 Å². The number of pyridine rings is 1. The third kappa shape index (κ3) is 3.37. The molecule has 7 nitrogen and oxygen atoms in total. The summed E-state index contributed by atoms with van der Waals surface area (Å²) in [5.74, 6) is 0.426. The summed E-state index contributed by atoms with van der Waals surface area (Å²) in [7, 11) is -2.21. The molecule has 0 amide bonds. The fourth-order valence-corrected chi connectivity index (χ4v) is 3.00. The van der Waals surface area contributed by atoms with Crippen molar-refractivity contribution in [1.82, 2.24) is 15.2 Å². The van der Waals surface area contributed by atoms with Crippen LogP contribution in [0.1, 0.15) is 5.69 Å². The topological polar surface area (TPSA) is 95.2 Å². The molecule has 0 aliphatic heterocycles. The van der Waals surface area contributed by atoms with Gasteiger partial charge < -0.3 is 9.15 Å². The first kappa shape index (κ1) is 15.2.